The highest BCUT2D eigenvalue weighted by Gasteiger charge is 2.40. The largest absolute Gasteiger partial charge is 0.392 e. The number of aliphatic hydroxyl groups is 1. The minimum absolute atomic E-state index is 0.174. The molecule has 0 saturated carbocycles. The van der Waals surface area contributed by atoms with Crippen LogP contribution < -0.4 is 0 Å². The zero-order chi connectivity index (χ0) is 15.0. The third-order valence-corrected chi connectivity index (χ3v) is 5.77. The van der Waals surface area contributed by atoms with Crippen molar-refractivity contribution in [3.63, 3.8) is 0 Å². The van der Waals surface area contributed by atoms with Gasteiger partial charge in [0.25, 0.3) is 0 Å². The second-order valence-corrected chi connectivity index (χ2v) is 7.45. The van der Waals surface area contributed by atoms with Gasteiger partial charge in [-0.1, -0.05) is 38.1 Å². The van der Waals surface area contributed by atoms with Crippen LogP contribution in [0, 0.1) is 5.92 Å². The fraction of sp³-hybridized carbons (Fsp3) is 0.684. The van der Waals surface area contributed by atoms with Gasteiger partial charge in [0.15, 0.2) is 0 Å². The van der Waals surface area contributed by atoms with Crippen molar-refractivity contribution in [1.82, 2.24) is 4.90 Å². The van der Waals surface area contributed by atoms with E-state index in [9.17, 15) is 5.11 Å². The third kappa shape index (κ3) is 3.17. The van der Waals surface area contributed by atoms with Gasteiger partial charge < -0.3 is 10.0 Å². The van der Waals surface area contributed by atoms with Crippen molar-refractivity contribution >= 4 is 0 Å². The van der Waals surface area contributed by atoms with Gasteiger partial charge in [-0.2, -0.15) is 0 Å². The molecule has 1 aromatic carbocycles. The summed E-state index contributed by atoms with van der Waals surface area (Å²) in [4.78, 5) is 2.54. The molecule has 2 fully saturated rings. The van der Waals surface area contributed by atoms with Gasteiger partial charge in [-0.3, -0.25) is 0 Å². The molecule has 0 amide bonds. The third-order valence-electron chi connectivity index (χ3n) is 5.77. The highest BCUT2D eigenvalue weighted by atomic mass is 16.3. The molecule has 2 heterocycles. The van der Waals surface area contributed by atoms with E-state index in [1.54, 1.807) is 0 Å². The fourth-order valence-corrected chi connectivity index (χ4v) is 4.21. The highest BCUT2D eigenvalue weighted by molar-refractivity contribution is 5.25. The van der Waals surface area contributed by atoms with Gasteiger partial charge in [0.2, 0.25) is 0 Å². The Labute approximate surface area is 129 Å². The molecule has 2 aliphatic heterocycles. The first-order valence-electron chi connectivity index (χ1n) is 8.53. The number of hydrogen-bond donors (Lipinski definition) is 1. The van der Waals surface area contributed by atoms with Gasteiger partial charge in [0, 0.05) is 12.1 Å². The first-order valence-corrected chi connectivity index (χ1v) is 8.53. The van der Waals surface area contributed by atoms with E-state index in [2.05, 4.69) is 50.1 Å². The van der Waals surface area contributed by atoms with Gasteiger partial charge in [0.1, 0.15) is 0 Å². The van der Waals surface area contributed by atoms with E-state index >= 15 is 0 Å². The lowest BCUT2D eigenvalue weighted by Crippen LogP contribution is -2.43. The number of aliphatic hydroxyl groups excluding tert-OH is 1. The molecule has 0 aromatic heterocycles. The normalized spacial score (nSPS) is 30.8. The molecule has 3 rings (SSSR count). The average Bonchev–Trinajstić information content (AvgIpc) is 2.69. The van der Waals surface area contributed by atoms with Crippen LogP contribution in [0.4, 0.5) is 0 Å². The van der Waals surface area contributed by atoms with E-state index in [1.165, 1.54) is 36.8 Å². The summed E-state index contributed by atoms with van der Waals surface area (Å²) in [5.41, 5.74) is 2.66. The molecule has 2 bridgehead atoms. The first kappa shape index (κ1) is 15.1. The van der Waals surface area contributed by atoms with E-state index < -0.39 is 0 Å². The van der Waals surface area contributed by atoms with Gasteiger partial charge in [-0.25, -0.2) is 0 Å². The number of benzene rings is 1. The van der Waals surface area contributed by atoms with E-state index in [0.717, 1.165) is 6.42 Å². The predicted molar refractivity (Wildman–Crippen MR) is 87.5 cm³/mol. The molecule has 3 atom stereocenters. The van der Waals surface area contributed by atoms with Crippen LogP contribution in [-0.4, -0.2) is 35.2 Å². The lowest BCUT2D eigenvalue weighted by molar-refractivity contribution is 0.0368. The molecular weight excluding hydrogens is 258 g/mol. The second kappa shape index (κ2) is 6.10. The van der Waals surface area contributed by atoms with E-state index in [0.29, 0.717) is 23.9 Å². The molecule has 2 saturated heterocycles. The van der Waals surface area contributed by atoms with Gasteiger partial charge in [-0.05, 0) is 62.1 Å². The van der Waals surface area contributed by atoms with Crippen molar-refractivity contribution in [2.45, 2.75) is 70.1 Å². The Bertz CT molecular complexity index is 453. The summed E-state index contributed by atoms with van der Waals surface area (Å²) in [5, 5.41) is 10.6. The number of piperidine rings is 1. The van der Waals surface area contributed by atoms with E-state index in [1.807, 2.05) is 0 Å². The summed E-state index contributed by atoms with van der Waals surface area (Å²) in [6.45, 7) is 4.44. The maximum absolute atomic E-state index is 10.6. The lowest BCUT2D eigenvalue weighted by Gasteiger charge is -2.38. The average molecular weight is 287 g/mol. The number of hydrogen-bond acceptors (Lipinski definition) is 2. The fourth-order valence-electron chi connectivity index (χ4n) is 4.21. The van der Waals surface area contributed by atoms with Crippen molar-refractivity contribution in [3.05, 3.63) is 35.4 Å². The second-order valence-electron chi connectivity index (χ2n) is 7.45. The Morgan fingerprint density at radius 2 is 1.67 bits per heavy atom. The minimum Gasteiger partial charge on any atom is -0.392 e. The number of fused-ring (bicyclic) bond motifs is 2. The highest BCUT2D eigenvalue weighted by Crippen LogP contribution is 2.39. The van der Waals surface area contributed by atoms with Crippen molar-refractivity contribution < 1.29 is 5.11 Å². The minimum atomic E-state index is -0.174. The lowest BCUT2D eigenvalue weighted by atomic mass is 9.84. The summed E-state index contributed by atoms with van der Waals surface area (Å²) in [6.07, 6.45) is 5.65. The Hall–Kier alpha value is -0.860. The van der Waals surface area contributed by atoms with Crippen molar-refractivity contribution in [2.75, 3.05) is 7.05 Å². The zero-order valence-electron chi connectivity index (χ0n) is 13.6. The maximum Gasteiger partial charge on any atom is 0.0609 e. The van der Waals surface area contributed by atoms with Crippen LogP contribution >= 0.6 is 0 Å². The monoisotopic (exact) mass is 287 g/mol. The first-order chi connectivity index (χ1) is 10.0. The van der Waals surface area contributed by atoms with Crippen molar-refractivity contribution in [2.24, 2.45) is 5.92 Å². The Balaban J connectivity index is 1.60. The van der Waals surface area contributed by atoms with Crippen molar-refractivity contribution in [1.29, 1.82) is 0 Å². The Morgan fingerprint density at radius 1 is 1.10 bits per heavy atom. The molecule has 1 aromatic rings. The smallest absolute Gasteiger partial charge is 0.0609 e. The summed E-state index contributed by atoms with van der Waals surface area (Å²) in [6, 6.07) is 10.2. The van der Waals surface area contributed by atoms with Crippen LogP contribution in [0.2, 0.25) is 0 Å². The molecule has 116 valence electrons. The number of rotatable bonds is 4. The molecule has 2 aliphatic rings. The molecule has 0 aliphatic carbocycles. The summed E-state index contributed by atoms with van der Waals surface area (Å²) in [5.74, 6) is 1.07. The molecule has 0 spiro atoms. The molecule has 2 heteroatoms. The van der Waals surface area contributed by atoms with Crippen LogP contribution in [0.3, 0.4) is 0 Å². The van der Waals surface area contributed by atoms with Crippen LogP contribution in [-0.2, 0) is 6.42 Å². The standard InChI is InChI=1S/C19H29NO/c1-13(2)15-6-4-14(5-7-15)10-19(21)16-11-17-8-9-18(12-16)20(17)3/h4-7,13,16-19,21H,8-12H2,1-3H3. The Kier molecular flexibility index (Phi) is 4.37. The topological polar surface area (TPSA) is 23.5 Å². The molecular formula is C19H29NO. The predicted octanol–water partition coefficient (Wildman–Crippen LogP) is 3.59. The molecule has 1 N–H and O–H groups in total. The zero-order valence-corrected chi connectivity index (χ0v) is 13.6. The van der Waals surface area contributed by atoms with Crippen molar-refractivity contribution in [3.8, 4) is 0 Å². The molecule has 21 heavy (non-hydrogen) atoms. The SMILES string of the molecule is CC(C)c1ccc(CC(O)C2CC3CCC(C2)N3C)cc1. The van der Waals surface area contributed by atoms with Crippen LogP contribution in [0.1, 0.15) is 56.6 Å². The van der Waals surface area contributed by atoms with E-state index in [4.69, 9.17) is 0 Å². The summed E-state index contributed by atoms with van der Waals surface area (Å²) in [7, 11) is 2.26. The van der Waals surface area contributed by atoms with Crippen LogP contribution in [0.15, 0.2) is 24.3 Å². The summed E-state index contributed by atoms with van der Waals surface area (Å²) < 4.78 is 0. The van der Waals surface area contributed by atoms with Gasteiger partial charge >= 0.3 is 0 Å². The molecule has 2 nitrogen and oxygen atoms in total. The van der Waals surface area contributed by atoms with Crippen LogP contribution in [0.25, 0.3) is 0 Å². The maximum atomic E-state index is 10.6. The quantitative estimate of drug-likeness (QED) is 0.915. The molecule has 3 unspecified atom stereocenters. The van der Waals surface area contributed by atoms with Gasteiger partial charge in [0.05, 0.1) is 6.10 Å². The van der Waals surface area contributed by atoms with Crippen LogP contribution in [0.5, 0.6) is 0 Å². The summed E-state index contributed by atoms with van der Waals surface area (Å²) >= 11 is 0. The van der Waals surface area contributed by atoms with E-state index in [-0.39, 0.29) is 6.10 Å². The Morgan fingerprint density at radius 3 is 2.19 bits per heavy atom. The number of nitrogens with zero attached hydrogens (tertiary/aromatic N) is 1. The molecule has 0 radical (unpaired) electrons. The van der Waals surface area contributed by atoms with Gasteiger partial charge in [-0.15, -0.1) is 0 Å².